The van der Waals surface area contributed by atoms with Gasteiger partial charge in [-0.15, -0.1) is 0 Å². The molecule has 1 aromatic heterocycles. The first kappa shape index (κ1) is 11.1. The molecule has 0 atom stereocenters. The Hall–Kier alpha value is -0.950. The fourth-order valence-corrected chi connectivity index (χ4v) is 3.03. The highest BCUT2D eigenvalue weighted by Crippen LogP contribution is 2.25. The van der Waals surface area contributed by atoms with Gasteiger partial charge in [0, 0.05) is 6.92 Å². The van der Waals surface area contributed by atoms with Gasteiger partial charge in [0.25, 0.3) is 0 Å². The van der Waals surface area contributed by atoms with E-state index in [0.29, 0.717) is 0 Å². The summed E-state index contributed by atoms with van der Waals surface area (Å²) in [6.45, 7) is 2.84. The second kappa shape index (κ2) is 3.66. The summed E-state index contributed by atoms with van der Waals surface area (Å²) in [6, 6.07) is 0. The lowest BCUT2D eigenvalue weighted by Crippen LogP contribution is -2.03. The number of hydrogen-bond acceptors (Lipinski definition) is 6. The van der Waals surface area contributed by atoms with Crippen LogP contribution >= 0.6 is 11.3 Å². The molecule has 2 N–H and O–H groups in total. The van der Waals surface area contributed by atoms with Crippen molar-refractivity contribution in [1.29, 1.82) is 0 Å². The summed E-state index contributed by atoms with van der Waals surface area (Å²) in [6.07, 6.45) is 0. The van der Waals surface area contributed by atoms with Crippen molar-refractivity contribution in [2.75, 3.05) is 11.5 Å². The number of carbonyl (C=O) groups is 1. The van der Waals surface area contributed by atoms with Gasteiger partial charge in [0.2, 0.25) is 14.2 Å². The third-order valence-corrected chi connectivity index (χ3v) is 4.96. The molecule has 0 saturated carbocycles. The van der Waals surface area contributed by atoms with Crippen molar-refractivity contribution in [2.24, 2.45) is 0 Å². The van der Waals surface area contributed by atoms with Crippen LogP contribution in [0.25, 0.3) is 0 Å². The maximum Gasteiger partial charge on any atom is 0.211 e. The molecule has 0 spiro atoms. The van der Waals surface area contributed by atoms with Crippen LogP contribution in [0.5, 0.6) is 0 Å². The van der Waals surface area contributed by atoms with E-state index in [9.17, 15) is 13.2 Å². The third kappa shape index (κ3) is 1.93. The zero-order chi connectivity index (χ0) is 10.9. The normalized spacial score (nSPS) is 11.6. The standard InChI is InChI=1S/C7H10N2O3S2/c1-3-14(11,12)7-9-6(8)5(13-7)4(2)10/h3,8H2,1-2H3. The van der Waals surface area contributed by atoms with Gasteiger partial charge in [-0.2, -0.15) is 0 Å². The number of anilines is 1. The first-order valence-corrected chi connectivity index (χ1v) is 6.35. The van der Waals surface area contributed by atoms with E-state index < -0.39 is 9.84 Å². The summed E-state index contributed by atoms with van der Waals surface area (Å²) in [5, 5.41) is 0. The Morgan fingerprint density at radius 2 is 2.14 bits per heavy atom. The van der Waals surface area contributed by atoms with Crippen LogP contribution < -0.4 is 5.73 Å². The van der Waals surface area contributed by atoms with Crippen LogP contribution in [0.3, 0.4) is 0 Å². The van der Waals surface area contributed by atoms with E-state index >= 15 is 0 Å². The highest BCUT2D eigenvalue weighted by Gasteiger charge is 2.21. The summed E-state index contributed by atoms with van der Waals surface area (Å²) in [4.78, 5) is 14.9. The number of aromatic nitrogens is 1. The average molecular weight is 234 g/mol. The zero-order valence-electron chi connectivity index (χ0n) is 7.77. The van der Waals surface area contributed by atoms with Crippen molar-refractivity contribution >= 4 is 32.8 Å². The molecule has 7 heteroatoms. The number of carbonyl (C=O) groups excluding carboxylic acids is 1. The highest BCUT2D eigenvalue weighted by atomic mass is 32.2. The predicted molar refractivity (Wildman–Crippen MR) is 54.3 cm³/mol. The Labute approximate surface area is 85.9 Å². The van der Waals surface area contributed by atoms with E-state index in [0.717, 1.165) is 11.3 Å². The molecule has 0 fully saturated rings. The van der Waals surface area contributed by atoms with Gasteiger partial charge in [-0.3, -0.25) is 4.79 Å². The summed E-state index contributed by atoms with van der Waals surface area (Å²) in [5.74, 6) is -0.316. The van der Waals surface area contributed by atoms with Crippen molar-refractivity contribution in [3.05, 3.63) is 4.88 Å². The molecule has 0 amide bonds. The van der Waals surface area contributed by atoms with Crippen molar-refractivity contribution in [3.63, 3.8) is 0 Å². The van der Waals surface area contributed by atoms with E-state index in [1.54, 1.807) is 0 Å². The van der Waals surface area contributed by atoms with Gasteiger partial charge in [0.05, 0.1) is 5.75 Å². The topological polar surface area (TPSA) is 90.1 Å². The van der Waals surface area contributed by atoms with Gasteiger partial charge < -0.3 is 5.73 Å². The van der Waals surface area contributed by atoms with Gasteiger partial charge in [0.1, 0.15) is 10.7 Å². The monoisotopic (exact) mass is 234 g/mol. The van der Waals surface area contributed by atoms with E-state index in [1.165, 1.54) is 13.8 Å². The Kier molecular flexibility index (Phi) is 2.91. The predicted octanol–water partition coefficient (Wildman–Crippen LogP) is 0.722. The molecule has 0 bridgehead atoms. The van der Waals surface area contributed by atoms with Crippen LogP contribution in [0.2, 0.25) is 0 Å². The minimum atomic E-state index is -3.36. The van der Waals surface area contributed by atoms with Crippen LogP contribution in [0.1, 0.15) is 23.5 Å². The first-order chi connectivity index (χ1) is 6.38. The molecule has 78 valence electrons. The Morgan fingerprint density at radius 1 is 1.57 bits per heavy atom. The van der Waals surface area contributed by atoms with Gasteiger partial charge in [-0.05, 0) is 0 Å². The number of thiazole rings is 1. The minimum absolute atomic E-state index is 0.00507. The Bertz CT molecular complexity index is 461. The van der Waals surface area contributed by atoms with Crippen molar-refractivity contribution in [2.45, 2.75) is 18.2 Å². The molecular formula is C7H10N2O3S2. The van der Waals surface area contributed by atoms with Gasteiger partial charge >= 0.3 is 0 Å². The fourth-order valence-electron chi connectivity index (χ4n) is 0.820. The molecule has 5 nitrogen and oxygen atoms in total. The number of hydrogen-bond donors (Lipinski definition) is 1. The summed E-state index contributed by atoms with van der Waals surface area (Å²) < 4.78 is 22.7. The number of nitrogens with zero attached hydrogens (tertiary/aromatic N) is 1. The fraction of sp³-hybridized carbons (Fsp3) is 0.429. The van der Waals surface area contributed by atoms with E-state index in [-0.39, 0.29) is 26.6 Å². The molecule has 0 saturated heterocycles. The lowest BCUT2D eigenvalue weighted by Gasteiger charge is -1.91. The smallest absolute Gasteiger partial charge is 0.211 e. The molecule has 0 radical (unpaired) electrons. The third-order valence-electron chi connectivity index (χ3n) is 1.60. The largest absolute Gasteiger partial charge is 0.382 e. The second-order valence-electron chi connectivity index (χ2n) is 2.65. The molecule has 1 aromatic rings. The number of nitrogens with two attached hydrogens (primary N) is 1. The minimum Gasteiger partial charge on any atom is -0.382 e. The first-order valence-electron chi connectivity index (χ1n) is 3.88. The number of sulfone groups is 1. The molecule has 0 aliphatic carbocycles. The van der Waals surface area contributed by atoms with E-state index in [4.69, 9.17) is 5.73 Å². The second-order valence-corrected chi connectivity index (χ2v) is 6.10. The van der Waals surface area contributed by atoms with Crippen LogP contribution in [0.15, 0.2) is 4.34 Å². The summed E-state index contributed by atoms with van der Waals surface area (Å²) >= 11 is 0.826. The lowest BCUT2D eigenvalue weighted by atomic mass is 10.4. The highest BCUT2D eigenvalue weighted by molar-refractivity contribution is 7.93. The number of Topliss-reactive ketones (excluding diaryl/α,β-unsaturated/α-hetero) is 1. The molecular weight excluding hydrogens is 224 g/mol. The van der Waals surface area contributed by atoms with E-state index in [2.05, 4.69) is 4.98 Å². The molecule has 1 heterocycles. The van der Waals surface area contributed by atoms with Gasteiger partial charge in [0.15, 0.2) is 5.78 Å². The van der Waals surface area contributed by atoms with Crippen molar-refractivity contribution in [3.8, 4) is 0 Å². The molecule has 0 aliphatic rings. The van der Waals surface area contributed by atoms with Crippen LogP contribution in [-0.2, 0) is 9.84 Å². The van der Waals surface area contributed by atoms with E-state index in [1.807, 2.05) is 0 Å². The molecule has 0 aromatic carbocycles. The van der Waals surface area contributed by atoms with Crippen molar-refractivity contribution < 1.29 is 13.2 Å². The number of ketones is 1. The zero-order valence-corrected chi connectivity index (χ0v) is 9.41. The number of nitrogen functional groups attached to an aromatic ring is 1. The van der Waals surface area contributed by atoms with Gasteiger partial charge in [-0.25, -0.2) is 13.4 Å². The average Bonchev–Trinajstić information content (AvgIpc) is 2.48. The Morgan fingerprint density at radius 3 is 2.50 bits per heavy atom. The molecule has 1 rings (SSSR count). The van der Waals surface area contributed by atoms with Gasteiger partial charge in [-0.1, -0.05) is 18.3 Å². The lowest BCUT2D eigenvalue weighted by molar-refractivity contribution is 0.102. The van der Waals surface area contributed by atoms with Crippen molar-refractivity contribution in [1.82, 2.24) is 4.98 Å². The quantitative estimate of drug-likeness (QED) is 0.778. The Balaban J connectivity index is 3.29. The number of rotatable bonds is 3. The van der Waals surface area contributed by atoms with Crippen LogP contribution in [-0.4, -0.2) is 24.9 Å². The molecule has 14 heavy (non-hydrogen) atoms. The maximum absolute atomic E-state index is 11.4. The maximum atomic E-state index is 11.4. The molecule has 0 aliphatic heterocycles. The summed E-state index contributed by atoms with van der Waals surface area (Å²) in [5.41, 5.74) is 5.41. The summed E-state index contributed by atoms with van der Waals surface area (Å²) in [7, 11) is -3.36. The van der Waals surface area contributed by atoms with Crippen LogP contribution in [0, 0.1) is 0 Å². The van der Waals surface area contributed by atoms with Crippen LogP contribution in [0.4, 0.5) is 5.82 Å². The SMILES string of the molecule is CCS(=O)(=O)c1nc(N)c(C(C)=O)s1. The molecule has 0 unspecified atom stereocenters.